The fourth-order valence-electron chi connectivity index (χ4n) is 4.59. The van der Waals surface area contributed by atoms with Crippen LogP contribution in [0.5, 0.6) is 0 Å². The second kappa shape index (κ2) is 9.70. The molecule has 35 heavy (non-hydrogen) atoms. The number of hydrogen-bond donors (Lipinski definition) is 1. The maximum atomic E-state index is 13.5. The first-order valence-electron chi connectivity index (χ1n) is 11.2. The Morgan fingerprint density at radius 2 is 2.00 bits per heavy atom. The van der Waals surface area contributed by atoms with E-state index in [1.807, 2.05) is 13.8 Å². The molecule has 2 aromatic heterocycles. The van der Waals surface area contributed by atoms with Gasteiger partial charge in [0.1, 0.15) is 24.0 Å². The summed E-state index contributed by atoms with van der Waals surface area (Å²) in [5.41, 5.74) is 0.0152. The van der Waals surface area contributed by atoms with Crippen molar-refractivity contribution in [2.24, 2.45) is 5.92 Å². The highest BCUT2D eigenvalue weighted by Crippen LogP contribution is 2.33. The van der Waals surface area contributed by atoms with Crippen LogP contribution in [0.2, 0.25) is 0 Å². The number of furan rings is 1. The third kappa shape index (κ3) is 4.76. The third-order valence-electron chi connectivity index (χ3n) is 6.17. The van der Waals surface area contributed by atoms with Crippen LogP contribution in [0.1, 0.15) is 47.5 Å². The lowest BCUT2D eigenvalue weighted by Crippen LogP contribution is -2.53. The van der Waals surface area contributed by atoms with E-state index in [1.165, 1.54) is 41.8 Å². The highest BCUT2D eigenvalue weighted by molar-refractivity contribution is 8.04. The van der Waals surface area contributed by atoms with Crippen LogP contribution in [0.4, 0.5) is 0 Å². The molecule has 186 valence electrons. The number of carbonyl (C=O) groups is 4. The molecule has 0 radical (unpaired) electrons. The summed E-state index contributed by atoms with van der Waals surface area (Å²) in [6.07, 6.45) is 4.44. The Kier molecular flexibility index (Phi) is 6.86. The number of nitrogens with one attached hydrogen (secondary N) is 1. The largest absolute Gasteiger partial charge is 0.472 e. The molecule has 12 heteroatoms. The Balaban J connectivity index is 1.54. The average molecular weight is 503 g/mol. The van der Waals surface area contributed by atoms with Crippen LogP contribution in [0, 0.1) is 5.92 Å². The first kappa shape index (κ1) is 24.7. The molecule has 0 aliphatic carbocycles. The van der Waals surface area contributed by atoms with E-state index >= 15 is 0 Å². The van der Waals surface area contributed by atoms with E-state index in [1.54, 1.807) is 6.07 Å². The predicted octanol–water partition coefficient (Wildman–Crippen LogP) is 0.844. The van der Waals surface area contributed by atoms with Gasteiger partial charge in [-0.25, -0.2) is 8.42 Å². The summed E-state index contributed by atoms with van der Waals surface area (Å²) < 4.78 is 31.9. The Labute approximate surface area is 202 Å². The highest BCUT2D eigenvalue weighted by atomic mass is 32.2. The fraction of sp³-hybridized carbons (Fsp3) is 0.435. The molecule has 2 aliphatic rings. The number of amides is 2. The van der Waals surface area contributed by atoms with Crippen molar-refractivity contribution < 1.29 is 32.0 Å². The van der Waals surface area contributed by atoms with Crippen LogP contribution < -0.4 is 5.32 Å². The van der Waals surface area contributed by atoms with Gasteiger partial charge in [-0.2, -0.15) is 4.31 Å². The Morgan fingerprint density at radius 3 is 2.63 bits per heavy atom. The smallest absolute Gasteiger partial charge is 0.310 e. The number of likely N-dealkylation sites (tertiary alicyclic amines) is 1. The van der Waals surface area contributed by atoms with Gasteiger partial charge in [-0.15, -0.1) is 0 Å². The van der Waals surface area contributed by atoms with E-state index in [0.717, 1.165) is 4.31 Å². The zero-order chi connectivity index (χ0) is 25.3. The number of fused-ring (bicyclic) bond motifs is 1. The molecular formula is C23H26N4O7S. The third-order valence-corrected chi connectivity index (χ3v) is 7.87. The molecule has 3 atom stereocenters. The minimum absolute atomic E-state index is 0.0548. The SMILES string of the molecule is CC(C)CC(NC(=O)c1ccoc1)C(=O)N1CCC2C1C(=O)CN2S(=O)(=O)C(=O)c1ccccn1. The molecule has 2 aliphatic heterocycles. The Morgan fingerprint density at radius 1 is 1.23 bits per heavy atom. The van der Waals surface area contributed by atoms with E-state index < -0.39 is 57.4 Å². The zero-order valence-electron chi connectivity index (χ0n) is 19.3. The topological polar surface area (TPSA) is 147 Å². The molecule has 2 fully saturated rings. The van der Waals surface area contributed by atoms with E-state index in [-0.39, 0.29) is 30.1 Å². The Hall–Kier alpha value is -3.38. The van der Waals surface area contributed by atoms with Crippen molar-refractivity contribution in [3.05, 3.63) is 54.2 Å². The van der Waals surface area contributed by atoms with Gasteiger partial charge in [-0.05, 0) is 37.0 Å². The summed E-state index contributed by atoms with van der Waals surface area (Å²) in [5, 5.41) is 1.51. The summed E-state index contributed by atoms with van der Waals surface area (Å²) in [7, 11) is -4.52. The van der Waals surface area contributed by atoms with E-state index in [4.69, 9.17) is 4.42 Å². The monoisotopic (exact) mass is 502 g/mol. The maximum absolute atomic E-state index is 13.5. The van der Waals surface area contributed by atoms with Crippen LogP contribution in [0.3, 0.4) is 0 Å². The number of ketones is 1. The molecule has 11 nitrogen and oxygen atoms in total. The molecule has 2 saturated heterocycles. The summed E-state index contributed by atoms with van der Waals surface area (Å²) in [5.74, 6) is -1.37. The molecule has 2 aromatic rings. The van der Waals surface area contributed by atoms with Gasteiger partial charge in [0.15, 0.2) is 5.78 Å². The number of hydrogen-bond acceptors (Lipinski definition) is 8. The standard InChI is InChI=1S/C23H26N4O7S/c1-14(2)11-17(25-21(29)15-7-10-34-13-15)22(30)26-9-6-18-20(26)19(28)12-27(18)35(32,33)23(31)16-5-3-4-8-24-16/h3-5,7-8,10,13-14,17-18,20H,6,9,11-12H2,1-2H3,(H,25,29). The molecule has 1 N–H and O–H groups in total. The lowest BCUT2D eigenvalue weighted by atomic mass is 10.0. The van der Waals surface area contributed by atoms with E-state index in [0.29, 0.717) is 6.42 Å². The number of pyridine rings is 1. The van der Waals surface area contributed by atoms with Gasteiger partial charge >= 0.3 is 5.12 Å². The molecule has 3 unspecified atom stereocenters. The lowest BCUT2D eigenvalue weighted by molar-refractivity contribution is -0.138. The van der Waals surface area contributed by atoms with Crippen LogP contribution >= 0.6 is 0 Å². The maximum Gasteiger partial charge on any atom is 0.310 e. The zero-order valence-corrected chi connectivity index (χ0v) is 20.1. The quantitative estimate of drug-likeness (QED) is 0.586. The van der Waals surface area contributed by atoms with Crippen molar-refractivity contribution in [1.29, 1.82) is 0 Å². The number of aromatic nitrogens is 1. The predicted molar refractivity (Wildman–Crippen MR) is 123 cm³/mol. The number of carbonyl (C=O) groups excluding carboxylic acids is 4. The van der Waals surface area contributed by atoms with Gasteiger partial charge in [0.2, 0.25) is 5.91 Å². The summed E-state index contributed by atoms with van der Waals surface area (Å²) in [6.45, 7) is 3.42. The van der Waals surface area contributed by atoms with Crippen molar-refractivity contribution in [1.82, 2.24) is 19.5 Å². The van der Waals surface area contributed by atoms with Crippen molar-refractivity contribution in [2.75, 3.05) is 13.1 Å². The summed E-state index contributed by atoms with van der Waals surface area (Å²) >= 11 is 0. The molecule has 4 heterocycles. The molecular weight excluding hydrogens is 476 g/mol. The average Bonchev–Trinajstić information content (AvgIpc) is 3.57. The van der Waals surface area contributed by atoms with Crippen LogP contribution in [-0.2, 0) is 19.6 Å². The van der Waals surface area contributed by atoms with Crippen molar-refractivity contribution in [2.45, 2.75) is 44.8 Å². The normalized spacial score (nSPS) is 21.2. The highest BCUT2D eigenvalue weighted by Gasteiger charge is 2.55. The minimum Gasteiger partial charge on any atom is -0.472 e. The summed E-state index contributed by atoms with van der Waals surface area (Å²) in [4.78, 5) is 56.8. The number of Topliss-reactive ketones (excluding diaryl/α,β-unsaturated/α-hetero) is 1. The Bertz CT molecular complexity index is 1230. The lowest BCUT2D eigenvalue weighted by Gasteiger charge is -2.29. The number of sulfonamides is 1. The second-order valence-electron chi connectivity index (χ2n) is 9.02. The number of nitrogens with zero attached hydrogens (tertiary/aromatic N) is 3. The van der Waals surface area contributed by atoms with Gasteiger partial charge in [-0.1, -0.05) is 19.9 Å². The van der Waals surface area contributed by atoms with Gasteiger partial charge in [0.05, 0.1) is 24.4 Å². The van der Waals surface area contributed by atoms with E-state index in [9.17, 15) is 27.6 Å². The molecule has 0 saturated carbocycles. The van der Waals surface area contributed by atoms with Gasteiger partial charge in [-0.3, -0.25) is 24.2 Å². The molecule has 0 aromatic carbocycles. The van der Waals surface area contributed by atoms with Gasteiger partial charge in [0, 0.05) is 12.7 Å². The second-order valence-corrected chi connectivity index (χ2v) is 10.8. The van der Waals surface area contributed by atoms with Crippen LogP contribution in [0.15, 0.2) is 47.4 Å². The van der Waals surface area contributed by atoms with Gasteiger partial charge in [0.25, 0.3) is 15.9 Å². The summed E-state index contributed by atoms with van der Waals surface area (Å²) in [6, 6.07) is 3.03. The molecule has 2 amide bonds. The van der Waals surface area contributed by atoms with Crippen molar-refractivity contribution in [3.8, 4) is 0 Å². The number of rotatable bonds is 7. The molecule has 4 rings (SSSR count). The molecule has 0 bridgehead atoms. The van der Waals surface area contributed by atoms with Crippen LogP contribution in [-0.4, -0.2) is 76.5 Å². The van der Waals surface area contributed by atoms with E-state index in [2.05, 4.69) is 10.3 Å². The first-order chi connectivity index (χ1) is 16.6. The molecule has 0 spiro atoms. The van der Waals surface area contributed by atoms with Crippen molar-refractivity contribution in [3.63, 3.8) is 0 Å². The van der Waals surface area contributed by atoms with Crippen molar-refractivity contribution >= 4 is 32.7 Å². The first-order valence-corrected chi connectivity index (χ1v) is 12.7. The van der Waals surface area contributed by atoms with Crippen LogP contribution in [0.25, 0.3) is 0 Å². The minimum atomic E-state index is -4.52. The fourth-order valence-corrected chi connectivity index (χ4v) is 6.06. The van der Waals surface area contributed by atoms with Gasteiger partial charge < -0.3 is 14.6 Å².